The van der Waals surface area contributed by atoms with Crippen LogP contribution in [0.5, 0.6) is 0 Å². The zero-order valence-electron chi connectivity index (χ0n) is 19.3. The van der Waals surface area contributed by atoms with Gasteiger partial charge in [-0.25, -0.2) is 9.99 Å². The second kappa shape index (κ2) is 10.3. The van der Waals surface area contributed by atoms with Crippen LogP contribution >= 0.6 is 23.2 Å². The number of benzene rings is 1. The monoisotopic (exact) mass is 532 g/mol. The largest absolute Gasteiger partial charge is 0.414 e. The maximum Gasteiger partial charge on any atom is 0.414 e. The number of aromatic nitrogens is 1. The van der Waals surface area contributed by atoms with Crippen LogP contribution in [0.15, 0.2) is 47.1 Å². The van der Waals surface area contributed by atoms with E-state index in [1.165, 1.54) is 35.6 Å². The summed E-state index contributed by atoms with van der Waals surface area (Å²) in [6, 6.07) is 3.94. The molecule has 0 bridgehead atoms. The van der Waals surface area contributed by atoms with Crippen LogP contribution in [0.25, 0.3) is 0 Å². The lowest BCUT2D eigenvalue weighted by Gasteiger charge is -2.37. The molecule has 34 heavy (non-hydrogen) atoms. The van der Waals surface area contributed by atoms with Gasteiger partial charge in [0.25, 0.3) is 5.91 Å². The summed E-state index contributed by atoms with van der Waals surface area (Å²) in [7, 11) is -0.627. The number of alkyl halides is 3. The van der Waals surface area contributed by atoms with Gasteiger partial charge in [-0.3, -0.25) is 9.80 Å². The fourth-order valence-electron chi connectivity index (χ4n) is 3.77. The highest BCUT2D eigenvalue weighted by Crippen LogP contribution is 2.42. The molecule has 1 unspecified atom stereocenters. The lowest BCUT2D eigenvalue weighted by atomic mass is 10.1. The number of hydrazine groups is 1. The molecule has 1 aliphatic heterocycles. The van der Waals surface area contributed by atoms with Crippen LogP contribution in [0.2, 0.25) is 10.0 Å². The molecular formula is C23H25Cl2F3N4OS. The SMILES string of the molecule is Cc1cc(Cl)cc(C(=O)N=S(C(C)C)C(C)C)c1N1C(C(F)(F)F)C=CN1c1ncccc1Cl. The van der Waals surface area contributed by atoms with Crippen molar-refractivity contribution in [1.29, 1.82) is 0 Å². The number of carbonyl (C=O) groups excluding carboxylic acids is 1. The van der Waals surface area contributed by atoms with Gasteiger partial charge in [0, 0.05) is 27.9 Å². The molecule has 3 rings (SSSR count). The Morgan fingerprint density at radius 3 is 2.38 bits per heavy atom. The molecule has 1 atom stereocenters. The minimum absolute atomic E-state index is 0.0150. The molecule has 1 aliphatic rings. The number of halogens is 5. The highest BCUT2D eigenvalue weighted by Gasteiger charge is 2.49. The average Bonchev–Trinajstić information content (AvgIpc) is 3.16. The molecule has 0 radical (unpaired) electrons. The Morgan fingerprint density at radius 2 is 1.82 bits per heavy atom. The molecule has 1 amide bonds. The average molecular weight is 533 g/mol. The Morgan fingerprint density at radius 1 is 1.18 bits per heavy atom. The molecule has 1 aromatic heterocycles. The zero-order valence-corrected chi connectivity index (χ0v) is 21.6. The summed E-state index contributed by atoms with van der Waals surface area (Å²) in [6.07, 6.45) is -0.965. The first-order chi connectivity index (χ1) is 15.8. The predicted octanol–water partition coefficient (Wildman–Crippen LogP) is 7.14. The van der Waals surface area contributed by atoms with E-state index in [9.17, 15) is 18.0 Å². The van der Waals surface area contributed by atoms with Crippen LogP contribution in [0.1, 0.15) is 43.6 Å². The van der Waals surface area contributed by atoms with E-state index in [0.29, 0.717) is 5.56 Å². The number of rotatable bonds is 5. The van der Waals surface area contributed by atoms with Gasteiger partial charge in [-0.05, 0) is 42.8 Å². The molecule has 11 heteroatoms. The molecule has 2 aromatic rings. The van der Waals surface area contributed by atoms with E-state index in [2.05, 4.69) is 9.35 Å². The highest BCUT2D eigenvalue weighted by molar-refractivity contribution is 7.88. The molecular weight excluding hydrogens is 508 g/mol. The van der Waals surface area contributed by atoms with E-state index in [1.54, 1.807) is 13.0 Å². The van der Waals surface area contributed by atoms with Gasteiger partial charge in [-0.1, -0.05) is 61.6 Å². The Hall–Kier alpha value is -2.10. The lowest BCUT2D eigenvalue weighted by Crippen LogP contribution is -2.49. The molecule has 2 heterocycles. The van der Waals surface area contributed by atoms with Gasteiger partial charge in [0.1, 0.15) is 0 Å². The second-order valence-corrected chi connectivity index (χ2v) is 11.9. The zero-order chi connectivity index (χ0) is 25.4. The standard InChI is InChI=1S/C23H25Cl2F3N4OS/c1-13(2)34(14(3)4)30-22(33)17-12-16(24)11-15(5)20(17)32-19(23(26,27)28)8-10-31(32)21-18(25)7-6-9-29-21/h6-14,19H,1-5H3. The van der Waals surface area contributed by atoms with Gasteiger partial charge in [0.2, 0.25) is 0 Å². The first-order valence-corrected chi connectivity index (χ1v) is 12.6. The van der Waals surface area contributed by atoms with Crippen LogP contribution < -0.4 is 10.0 Å². The summed E-state index contributed by atoms with van der Waals surface area (Å²) in [4.78, 5) is 17.6. The summed E-state index contributed by atoms with van der Waals surface area (Å²) in [5, 5.41) is 2.75. The third kappa shape index (κ3) is 5.42. The van der Waals surface area contributed by atoms with Crippen molar-refractivity contribution in [3.63, 3.8) is 0 Å². The normalized spacial score (nSPS) is 16.3. The minimum atomic E-state index is -4.64. The Balaban J connectivity index is 2.26. The van der Waals surface area contributed by atoms with Crippen molar-refractivity contribution >= 4 is 51.3 Å². The number of anilines is 2. The number of carbonyl (C=O) groups is 1. The van der Waals surface area contributed by atoms with E-state index in [0.717, 1.165) is 11.1 Å². The molecule has 0 saturated carbocycles. The van der Waals surface area contributed by atoms with E-state index < -0.39 is 28.8 Å². The molecule has 0 spiro atoms. The van der Waals surface area contributed by atoms with Crippen LogP contribution in [0, 0.1) is 6.92 Å². The molecule has 184 valence electrons. The van der Waals surface area contributed by atoms with E-state index in [4.69, 9.17) is 23.2 Å². The van der Waals surface area contributed by atoms with Gasteiger partial charge in [0.15, 0.2) is 11.9 Å². The molecule has 1 aromatic carbocycles. The Kier molecular flexibility index (Phi) is 7.99. The van der Waals surface area contributed by atoms with Crippen molar-refractivity contribution in [1.82, 2.24) is 4.98 Å². The van der Waals surface area contributed by atoms with E-state index in [1.807, 2.05) is 27.7 Å². The maximum absolute atomic E-state index is 14.1. The first kappa shape index (κ1) is 26.5. The first-order valence-electron chi connectivity index (χ1n) is 10.5. The molecule has 5 nitrogen and oxygen atoms in total. The number of pyridine rings is 1. The van der Waals surface area contributed by atoms with Crippen molar-refractivity contribution in [2.75, 3.05) is 10.0 Å². The van der Waals surface area contributed by atoms with E-state index >= 15 is 0 Å². The van der Waals surface area contributed by atoms with Crippen LogP contribution in [0.4, 0.5) is 24.7 Å². The van der Waals surface area contributed by atoms with Crippen molar-refractivity contribution in [3.8, 4) is 0 Å². The molecule has 0 saturated heterocycles. The molecule has 0 N–H and O–H groups in total. The summed E-state index contributed by atoms with van der Waals surface area (Å²) >= 11 is 12.5. The number of hydrogen-bond donors (Lipinski definition) is 0. The Labute approximate surface area is 209 Å². The summed E-state index contributed by atoms with van der Waals surface area (Å²) in [5.41, 5.74) is 0.414. The van der Waals surface area contributed by atoms with Gasteiger partial charge in [0.05, 0.1) is 16.3 Å². The van der Waals surface area contributed by atoms with Crippen molar-refractivity contribution in [2.24, 2.45) is 4.36 Å². The number of aryl methyl sites for hydroxylation is 1. The third-order valence-corrected chi connectivity index (χ3v) is 7.90. The highest BCUT2D eigenvalue weighted by atomic mass is 35.5. The number of amides is 1. The Bertz CT molecular complexity index is 1140. The predicted molar refractivity (Wildman–Crippen MR) is 134 cm³/mol. The fourth-order valence-corrected chi connectivity index (χ4v) is 6.05. The second-order valence-electron chi connectivity index (χ2n) is 8.29. The quantitative estimate of drug-likeness (QED) is 0.410. The van der Waals surface area contributed by atoms with Gasteiger partial charge in [-0.2, -0.15) is 17.5 Å². The fraction of sp³-hybridized carbons (Fsp3) is 0.391. The third-order valence-electron chi connectivity index (χ3n) is 5.08. The summed E-state index contributed by atoms with van der Waals surface area (Å²) in [6.45, 7) is 9.43. The molecule has 0 fully saturated rings. The number of hydrogen-bond acceptors (Lipinski definition) is 4. The van der Waals surface area contributed by atoms with Crippen molar-refractivity contribution < 1.29 is 18.0 Å². The summed E-state index contributed by atoms with van der Waals surface area (Å²) < 4.78 is 46.8. The van der Waals surface area contributed by atoms with Gasteiger partial charge < -0.3 is 0 Å². The van der Waals surface area contributed by atoms with E-state index in [-0.39, 0.29) is 37.6 Å². The van der Waals surface area contributed by atoms with Gasteiger partial charge >= 0.3 is 6.18 Å². The molecule has 0 aliphatic carbocycles. The van der Waals surface area contributed by atoms with Crippen molar-refractivity contribution in [3.05, 3.63) is 63.9 Å². The lowest BCUT2D eigenvalue weighted by molar-refractivity contribution is -0.137. The van der Waals surface area contributed by atoms with Crippen LogP contribution in [0.3, 0.4) is 0 Å². The minimum Gasteiger partial charge on any atom is -0.266 e. The maximum atomic E-state index is 14.1. The summed E-state index contributed by atoms with van der Waals surface area (Å²) in [5.74, 6) is -0.521. The number of nitrogens with zero attached hydrogens (tertiary/aromatic N) is 4. The smallest absolute Gasteiger partial charge is 0.266 e. The van der Waals surface area contributed by atoms with Crippen LogP contribution in [-0.4, -0.2) is 33.6 Å². The van der Waals surface area contributed by atoms with Crippen LogP contribution in [-0.2, 0) is 10.7 Å². The topological polar surface area (TPSA) is 48.8 Å². The van der Waals surface area contributed by atoms with Crippen molar-refractivity contribution in [2.45, 2.75) is 57.3 Å². The van der Waals surface area contributed by atoms with Gasteiger partial charge in [-0.15, -0.1) is 0 Å².